The Kier molecular flexibility index (Phi) is 6.87. The molecule has 1 aliphatic heterocycles. The maximum Gasteiger partial charge on any atom is 0.242 e. The zero-order valence-corrected chi connectivity index (χ0v) is 25.8. The number of rotatable bonds is 6. The monoisotopic (exact) mass is 600 g/mol. The number of nitrogens with zero attached hydrogens (tertiary/aromatic N) is 1. The van der Waals surface area contributed by atoms with E-state index in [2.05, 4.69) is 133 Å². The van der Waals surface area contributed by atoms with E-state index < -0.39 is 7.44 Å². The van der Waals surface area contributed by atoms with Gasteiger partial charge in [0.1, 0.15) is 0 Å². The fourth-order valence-electron chi connectivity index (χ4n) is 6.98. The van der Waals surface area contributed by atoms with Gasteiger partial charge in [-0.1, -0.05) is 146 Å². The summed E-state index contributed by atoms with van der Waals surface area (Å²) in [5, 5.41) is 4.75. The summed E-state index contributed by atoms with van der Waals surface area (Å²) in [4.78, 5) is 0. The second-order valence-corrected chi connectivity index (χ2v) is 14.4. The fourth-order valence-corrected chi connectivity index (χ4v) is 9.31. The molecule has 2 N–H and O–H groups in total. The average molecular weight is 601 g/mol. The van der Waals surface area contributed by atoms with Crippen LogP contribution < -0.4 is 10.2 Å². The molecule has 8 rings (SSSR count). The number of benzene rings is 7. The number of nitrogens with two attached hydrogens (primary N) is 1. The van der Waals surface area contributed by atoms with Crippen LogP contribution in [-0.4, -0.2) is 0 Å². The molecule has 0 saturated carbocycles. The predicted molar refractivity (Wildman–Crippen MR) is 190 cm³/mol. The van der Waals surface area contributed by atoms with Crippen LogP contribution in [0.5, 0.6) is 0 Å². The zero-order chi connectivity index (χ0) is 30.4. The summed E-state index contributed by atoms with van der Waals surface area (Å²) in [5.41, 5.74) is 15.7. The third kappa shape index (κ3) is 4.95. The van der Waals surface area contributed by atoms with Gasteiger partial charge < -0.3 is 4.67 Å². The predicted octanol–water partition coefficient (Wildman–Crippen LogP) is 10.8. The summed E-state index contributed by atoms with van der Waals surface area (Å²) in [5.74, 6) is 0. The largest absolute Gasteiger partial charge is 0.306 e. The van der Waals surface area contributed by atoms with Crippen LogP contribution in [0.3, 0.4) is 0 Å². The minimum atomic E-state index is -3.30. The molecule has 0 bridgehead atoms. The highest BCUT2D eigenvalue weighted by Gasteiger charge is 2.45. The molecule has 0 fully saturated rings. The smallest absolute Gasteiger partial charge is 0.242 e. The normalized spacial score (nSPS) is 17.5. The Balaban J connectivity index is 1.15. The van der Waals surface area contributed by atoms with Gasteiger partial charge in [0.25, 0.3) is 0 Å². The summed E-state index contributed by atoms with van der Waals surface area (Å²) in [7, 11) is -3.30. The molecule has 0 spiro atoms. The maximum atomic E-state index is 14.7. The molecule has 0 saturated heterocycles. The Labute approximate surface area is 264 Å². The molecule has 2 unspecified atom stereocenters. The van der Waals surface area contributed by atoms with E-state index in [1.54, 1.807) is 0 Å². The standard InChI is InChI=1S/C41H33N2OP/c42-45(44)41(27-29-21-23-33-15-9-18-35(38(33)25-29)31-11-3-1-4-12-31)37-17-7-8-20-40(37)43(45)28-30-22-24-34-16-10-19-36(39(34)26-30)32-13-5-2-6-14-32/h1-26,41H,27-28H2,(H2,42,44). The Morgan fingerprint density at radius 2 is 1.09 bits per heavy atom. The third-order valence-electron chi connectivity index (χ3n) is 9.22. The molecule has 3 nitrogen and oxygen atoms in total. The van der Waals surface area contributed by atoms with Crippen molar-refractivity contribution in [1.29, 1.82) is 0 Å². The summed E-state index contributed by atoms with van der Waals surface area (Å²) < 4.78 is 16.7. The molecule has 7 aromatic carbocycles. The van der Waals surface area contributed by atoms with E-state index in [-0.39, 0.29) is 5.66 Å². The fraction of sp³-hybridized carbons (Fsp3) is 0.0732. The molecule has 0 amide bonds. The molecule has 7 aromatic rings. The Morgan fingerprint density at radius 1 is 0.556 bits per heavy atom. The van der Waals surface area contributed by atoms with Gasteiger partial charge in [-0.3, -0.25) is 10.1 Å². The van der Waals surface area contributed by atoms with Gasteiger partial charge >= 0.3 is 0 Å². The number of para-hydroxylation sites is 1. The summed E-state index contributed by atoms with van der Waals surface area (Å²) >= 11 is 0. The van der Waals surface area contributed by atoms with E-state index >= 15 is 0 Å². The van der Waals surface area contributed by atoms with Crippen LogP contribution in [0, 0.1) is 0 Å². The SMILES string of the molecule is NP1(=O)C(Cc2ccc3cccc(-c4ccccc4)c3c2)c2ccccc2N1Cc1ccc2cccc(-c3ccccc3)c2c1. The van der Waals surface area contributed by atoms with E-state index in [9.17, 15) is 4.57 Å². The lowest BCUT2D eigenvalue weighted by atomic mass is 9.95. The number of anilines is 1. The third-order valence-corrected chi connectivity index (χ3v) is 11.7. The molecule has 2 atom stereocenters. The Morgan fingerprint density at radius 3 is 1.71 bits per heavy atom. The van der Waals surface area contributed by atoms with Gasteiger partial charge in [0.05, 0.1) is 12.2 Å². The molecule has 0 aromatic heterocycles. The van der Waals surface area contributed by atoms with Crippen molar-refractivity contribution in [3.05, 3.63) is 174 Å². The van der Waals surface area contributed by atoms with Gasteiger partial charge in [-0.2, -0.15) is 0 Å². The van der Waals surface area contributed by atoms with E-state index in [1.165, 1.54) is 43.8 Å². The van der Waals surface area contributed by atoms with E-state index in [4.69, 9.17) is 5.50 Å². The molecule has 4 heteroatoms. The number of hydrogen-bond donors (Lipinski definition) is 1. The second-order valence-electron chi connectivity index (χ2n) is 12.0. The van der Waals surface area contributed by atoms with Crippen molar-refractivity contribution >= 4 is 34.7 Å². The van der Waals surface area contributed by atoms with Gasteiger partial charge in [0, 0.05) is 5.69 Å². The molecular formula is C41H33N2OP. The number of fused-ring (bicyclic) bond motifs is 3. The van der Waals surface area contributed by atoms with Crippen molar-refractivity contribution in [2.45, 2.75) is 18.6 Å². The van der Waals surface area contributed by atoms with Crippen LogP contribution in [0.4, 0.5) is 5.69 Å². The van der Waals surface area contributed by atoms with Crippen LogP contribution >= 0.6 is 7.44 Å². The highest BCUT2D eigenvalue weighted by atomic mass is 31.2. The molecule has 1 heterocycles. The summed E-state index contributed by atoms with van der Waals surface area (Å²) in [6.07, 6.45) is 0.607. The average Bonchev–Trinajstić information content (AvgIpc) is 3.29. The summed E-state index contributed by atoms with van der Waals surface area (Å²) in [6, 6.07) is 55.2. The van der Waals surface area contributed by atoms with Gasteiger partial charge in [0.15, 0.2) is 0 Å². The van der Waals surface area contributed by atoms with Crippen molar-refractivity contribution in [2.75, 3.05) is 4.67 Å². The first kappa shape index (κ1) is 27.6. The molecular weight excluding hydrogens is 567 g/mol. The Bertz CT molecular complexity index is 2070. The van der Waals surface area contributed by atoms with Crippen LogP contribution in [0.1, 0.15) is 22.3 Å². The lowest BCUT2D eigenvalue weighted by molar-refractivity contribution is 0.564. The highest BCUT2D eigenvalue weighted by molar-refractivity contribution is 7.64. The quantitative estimate of drug-likeness (QED) is 0.193. The number of hydrogen-bond acceptors (Lipinski definition) is 1. The van der Waals surface area contributed by atoms with Gasteiger partial charge in [-0.05, 0) is 79.0 Å². The highest BCUT2D eigenvalue weighted by Crippen LogP contribution is 2.66. The second kappa shape index (κ2) is 11.2. The lowest BCUT2D eigenvalue weighted by Gasteiger charge is -2.27. The topological polar surface area (TPSA) is 46.3 Å². The Hall–Kier alpha value is -4.95. The molecule has 0 radical (unpaired) electrons. The maximum absolute atomic E-state index is 14.7. The first-order valence-electron chi connectivity index (χ1n) is 15.5. The van der Waals surface area contributed by atoms with E-state index in [0.29, 0.717) is 13.0 Å². The minimum Gasteiger partial charge on any atom is -0.306 e. The first-order chi connectivity index (χ1) is 22.1. The van der Waals surface area contributed by atoms with Gasteiger partial charge in [-0.15, -0.1) is 0 Å². The van der Waals surface area contributed by atoms with Crippen molar-refractivity contribution in [3.8, 4) is 22.3 Å². The van der Waals surface area contributed by atoms with Crippen molar-refractivity contribution < 1.29 is 4.57 Å². The van der Waals surface area contributed by atoms with Crippen molar-refractivity contribution in [3.63, 3.8) is 0 Å². The molecule has 1 aliphatic rings. The van der Waals surface area contributed by atoms with Crippen molar-refractivity contribution in [1.82, 2.24) is 0 Å². The van der Waals surface area contributed by atoms with Gasteiger partial charge in [0.2, 0.25) is 7.44 Å². The van der Waals surface area contributed by atoms with Crippen molar-refractivity contribution in [2.24, 2.45) is 5.50 Å². The first-order valence-corrected chi connectivity index (χ1v) is 17.3. The van der Waals surface area contributed by atoms with Crippen LogP contribution in [-0.2, 0) is 17.5 Å². The van der Waals surface area contributed by atoms with E-state index in [1.807, 2.05) is 28.9 Å². The molecule has 218 valence electrons. The van der Waals surface area contributed by atoms with Crippen LogP contribution in [0.25, 0.3) is 43.8 Å². The molecule has 0 aliphatic carbocycles. The summed E-state index contributed by atoms with van der Waals surface area (Å²) in [6.45, 7) is 0.482. The molecule has 45 heavy (non-hydrogen) atoms. The zero-order valence-electron chi connectivity index (χ0n) is 24.9. The van der Waals surface area contributed by atoms with E-state index in [0.717, 1.165) is 22.4 Å². The van der Waals surface area contributed by atoms with Gasteiger partial charge in [-0.25, -0.2) is 0 Å². The van der Waals surface area contributed by atoms with Crippen LogP contribution in [0.15, 0.2) is 158 Å². The van der Waals surface area contributed by atoms with Crippen LogP contribution in [0.2, 0.25) is 0 Å². The minimum absolute atomic E-state index is 0.296. The lowest BCUT2D eigenvalue weighted by Crippen LogP contribution is -2.22.